The van der Waals surface area contributed by atoms with E-state index in [1.807, 2.05) is 45.0 Å². The van der Waals surface area contributed by atoms with Crippen LogP contribution in [-0.2, 0) is 39.7 Å². The number of sulfonamides is 1. The van der Waals surface area contributed by atoms with Crippen molar-refractivity contribution in [3.05, 3.63) is 93.3 Å². The summed E-state index contributed by atoms with van der Waals surface area (Å²) in [6.07, 6.45) is 3.76. The van der Waals surface area contributed by atoms with E-state index in [0.29, 0.717) is 78.3 Å². The predicted molar refractivity (Wildman–Crippen MR) is 290 cm³/mol. The number of anilines is 3. The number of aliphatic hydroxyl groups is 1. The number of carbonyl (C=O) groups is 7. The molecule has 19 nitrogen and oxygen atoms in total. The van der Waals surface area contributed by atoms with Gasteiger partial charge in [-0.05, 0) is 85.0 Å². The standard InChI is InChI=1S/C54H66ClN7O12S2/c1-54(2,3)27-42(64)50-48(74-31-45(67)68)47(55)49(75-50)35-13-10-15-38(26-35)58-36-19-22-61(23-20-36)76(72,73)32-33-12-9-14-37(24-33)59-43(65)18-7-5-6-8-21-56-44(66)29-60(4)40-17-11-16-39-46(40)53(71)62(52(39)70)41-25-34(30-63)28-57-51(41)69/h9-17,24,26,30,34,36,41,53,58,71H,5-8,18-23,25,27-29,31-32H2,1-4H3,(H,56,66)(H,57,69)(H,59,65)(H,67,68)/t34?,41-,53?/m0/s1. The number of ketones is 1. The normalized spacial score (nSPS) is 18.1. The molecule has 22 heteroatoms. The first kappa shape index (κ1) is 57.3. The zero-order chi connectivity index (χ0) is 54.9. The average Bonchev–Trinajstić information content (AvgIpc) is 3.87. The maximum Gasteiger partial charge on any atom is 0.341 e. The highest BCUT2D eigenvalue weighted by molar-refractivity contribution is 7.88. The van der Waals surface area contributed by atoms with E-state index in [-0.39, 0.29) is 88.4 Å². The van der Waals surface area contributed by atoms with Crippen LogP contribution in [0.4, 0.5) is 17.1 Å². The number of carboxylic acids is 1. The SMILES string of the molecule is CN(CC(=O)NCCCCCCC(=O)Nc1cccc(CS(=O)(=O)N2CCC(Nc3cccc(-c4sc(C(=O)CC(C)(C)C)c(OCC(=O)O)c4Cl)c3)CC2)c1)c1cccc2c1C(O)N([C@H]1CC(C=O)CNC1=O)C2=O. The summed E-state index contributed by atoms with van der Waals surface area (Å²) < 4.78 is 34.3. The van der Waals surface area contributed by atoms with E-state index in [1.165, 1.54) is 4.31 Å². The van der Waals surface area contributed by atoms with Crippen molar-refractivity contribution in [1.29, 1.82) is 0 Å². The van der Waals surface area contributed by atoms with E-state index in [1.54, 1.807) is 54.4 Å². The van der Waals surface area contributed by atoms with Crippen LogP contribution in [0.25, 0.3) is 10.4 Å². The first-order valence-corrected chi connectivity index (χ1v) is 28.2. The number of hydrogen-bond acceptors (Lipinski definition) is 14. The molecule has 408 valence electrons. The fourth-order valence-corrected chi connectivity index (χ4v) is 12.7. The largest absolute Gasteiger partial charge is 0.479 e. The number of hydrogen-bond donors (Lipinski definition) is 6. The summed E-state index contributed by atoms with van der Waals surface area (Å²) in [6.45, 7) is 6.30. The Labute approximate surface area is 451 Å². The summed E-state index contributed by atoms with van der Waals surface area (Å²) in [5.74, 6) is -3.47. The van der Waals surface area contributed by atoms with E-state index < -0.39 is 52.6 Å². The van der Waals surface area contributed by atoms with Crippen LogP contribution in [0.5, 0.6) is 5.75 Å². The molecule has 0 saturated carbocycles. The number of carboxylic acid groups (broad SMARTS) is 1. The second kappa shape index (κ2) is 25.2. The monoisotopic (exact) mass is 1100 g/mol. The molecule has 3 aliphatic rings. The summed E-state index contributed by atoms with van der Waals surface area (Å²) in [7, 11) is -2.02. The molecule has 0 bridgehead atoms. The average molecular weight is 1100 g/mol. The summed E-state index contributed by atoms with van der Waals surface area (Å²) in [4.78, 5) is 91.5. The van der Waals surface area contributed by atoms with Gasteiger partial charge < -0.3 is 45.9 Å². The van der Waals surface area contributed by atoms with Crippen molar-refractivity contribution < 1.29 is 56.9 Å². The highest BCUT2D eigenvalue weighted by atomic mass is 35.5. The van der Waals surface area contributed by atoms with E-state index >= 15 is 0 Å². The molecule has 3 aromatic carbocycles. The molecule has 2 fully saturated rings. The zero-order valence-corrected chi connectivity index (χ0v) is 45.5. The lowest BCUT2D eigenvalue weighted by molar-refractivity contribution is -0.139. The van der Waals surface area contributed by atoms with Crippen LogP contribution in [-0.4, -0.2) is 128 Å². The van der Waals surface area contributed by atoms with Gasteiger partial charge in [0.15, 0.2) is 24.4 Å². The number of ether oxygens (including phenoxy) is 1. The van der Waals surface area contributed by atoms with Crippen LogP contribution in [0.15, 0.2) is 66.7 Å². The number of aliphatic hydroxyl groups excluding tert-OH is 1. The highest BCUT2D eigenvalue weighted by Gasteiger charge is 2.46. The molecular weight excluding hydrogens is 1040 g/mol. The van der Waals surface area contributed by atoms with Crippen molar-refractivity contribution in [3.8, 4) is 16.2 Å². The van der Waals surface area contributed by atoms with Gasteiger partial charge in [0.1, 0.15) is 22.2 Å². The number of amides is 4. The van der Waals surface area contributed by atoms with Gasteiger partial charge in [-0.25, -0.2) is 17.5 Å². The van der Waals surface area contributed by atoms with Gasteiger partial charge in [0.25, 0.3) is 5.91 Å². The Morgan fingerprint density at radius 2 is 1.67 bits per heavy atom. The van der Waals surface area contributed by atoms with E-state index in [9.17, 15) is 52.2 Å². The third-order valence-electron chi connectivity index (χ3n) is 13.4. The summed E-state index contributed by atoms with van der Waals surface area (Å²) in [5, 5.41) is 32.6. The van der Waals surface area contributed by atoms with Crippen LogP contribution in [0.1, 0.15) is 116 Å². The van der Waals surface area contributed by atoms with Crippen molar-refractivity contribution in [1.82, 2.24) is 19.8 Å². The number of nitrogens with one attached hydrogen (secondary N) is 4. The van der Waals surface area contributed by atoms with E-state index in [4.69, 9.17) is 16.3 Å². The maximum atomic E-state index is 13.6. The van der Waals surface area contributed by atoms with Crippen LogP contribution in [0.3, 0.4) is 0 Å². The molecule has 6 N–H and O–H groups in total. The van der Waals surface area contributed by atoms with E-state index in [0.717, 1.165) is 41.1 Å². The number of unbranched alkanes of at least 4 members (excludes halogenated alkanes) is 3. The minimum Gasteiger partial charge on any atom is -0.479 e. The van der Waals surface area contributed by atoms with Crippen LogP contribution >= 0.6 is 22.9 Å². The topological polar surface area (TPSA) is 261 Å². The molecule has 2 saturated heterocycles. The Balaban J connectivity index is 0.808. The number of aliphatic carboxylic acids is 1. The Morgan fingerprint density at radius 3 is 2.39 bits per heavy atom. The molecule has 4 amide bonds. The number of Topliss-reactive ketones (excluding diaryl/α,β-unsaturated/α-hetero) is 1. The number of fused-ring (bicyclic) bond motifs is 1. The number of aldehydes is 1. The zero-order valence-electron chi connectivity index (χ0n) is 43.1. The number of carbonyl (C=O) groups excluding carboxylic acids is 6. The molecule has 4 heterocycles. The van der Waals surface area contributed by atoms with Gasteiger partial charge in [-0.1, -0.05) is 75.5 Å². The lowest BCUT2D eigenvalue weighted by Crippen LogP contribution is -2.54. The molecule has 7 rings (SSSR count). The van der Waals surface area contributed by atoms with Crippen molar-refractivity contribution in [2.75, 3.05) is 61.9 Å². The van der Waals surface area contributed by atoms with Crippen LogP contribution < -0.4 is 30.9 Å². The van der Waals surface area contributed by atoms with Gasteiger partial charge in [-0.15, -0.1) is 11.3 Å². The van der Waals surface area contributed by atoms with Crippen molar-refractivity contribution in [3.63, 3.8) is 0 Å². The highest BCUT2D eigenvalue weighted by Crippen LogP contribution is 2.47. The Hall–Kier alpha value is -6.39. The molecule has 2 unspecified atom stereocenters. The van der Waals surface area contributed by atoms with Crippen LogP contribution in [0.2, 0.25) is 5.02 Å². The van der Waals surface area contributed by atoms with Crippen molar-refractivity contribution in [2.45, 2.75) is 103 Å². The first-order valence-electron chi connectivity index (χ1n) is 25.4. The predicted octanol–water partition coefficient (Wildman–Crippen LogP) is 6.85. The third-order valence-corrected chi connectivity index (χ3v) is 17.0. The molecule has 76 heavy (non-hydrogen) atoms. The molecule has 1 aromatic heterocycles. The summed E-state index contributed by atoms with van der Waals surface area (Å²) in [6, 6.07) is 18.2. The van der Waals surface area contributed by atoms with Gasteiger partial charge >= 0.3 is 5.97 Å². The molecule has 0 radical (unpaired) electrons. The number of nitrogens with zero attached hydrogens (tertiary/aromatic N) is 3. The van der Waals surface area contributed by atoms with Gasteiger partial charge in [0.05, 0.1) is 17.2 Å². The number of benzene rings is 3. The minimum absolute atomic E-state index is 0.0276. The molecule has 3 atom stereocenters. The van der Waals surface area contributed by atoms with Crippen LogP contribution in [0, 0.1) is 11.3 Å². The molecule has 0 spiro atoms. The Bertz CT molecular complexity index is 2940. The van der Waals surface area contributed by atoms with Crippen molar-refractivity contribution >= 4 is 91.7 Å². The maximum absolute atomic E-state index is 13.6. The van der Waals surface area contributed by atoms with Gasteiger partial charge in [-0.2, -0.15) is 0 Å². The molecule has 0 aliphatic carbocycles. The van der Waals surface area contributed by atoms with Gasteiger partial charge in [0.2, 0.25) is 27.7 Å². The number of likely N-dealkylation sites (N-methyl/N-ethyl adjacent to an activating group) is 1. The number of thiophene rings is 1. The summed E-state index contributed by atoms with van der Waals surface area (Å²) >= 11 is 7.92. The summed E-state index contributed by atoms with van der Waals surface area (Å²) in [5.41, 5.74) is 3.20. The third kappa shape index (κ3) is 14.5. The first-order chi connectivity index (χ1) is 36.1. The lowest BCUT2D eigenvalue weighted by Gasteiger charge is -2.35. The second-order valence-electron chi connectivity index (χ2n) is 20.7. The van der Waals surface area contributed by atoms with Crippen molar-refractivity contribution in [2.24, 2.45) is 11.3 Å². The van der Waals surface area contributed by atoms with E-state index in [2.05, 4.69) is 21.3 Å². The minimum atomic E-state index is -3.69. The second-order valence-corrected chi connectivity index (χ2v) is 24.1. The quantitative estimate of drug-likeness (QED) is 0.0238. The van der Waals surface area contributed by atoms with Gasteiger partial charge in [-0.3, -0.25) is 28.9 Å². The van der Waals surface area contributed by atoms with Gasteiger partial charge in [0, 0.05) is 86.2 Å². The number of halogens is 1. The number of piperidine rings is 2. The molecule has 3 aliphatic heterocycles. The fourth-order valence-electron chi connectivity index (χ4n) is 9.68. The molecule has 4 aromatic rings. The Morgan fingerprint density at radius 1 is 0.961 bits per heavy atom. The fraction of sp³-hybridized carbons (Fsp3) is 0.463. The smallest absolute Gasteiger partial charge is 0.341 e. The number of rotatable bonds is 24. The molecular formula is C54H66ClN7O12S2. The Kier molecular flexibility index (Phi) is 19.0. The lowest BCUT2D eigenvalue weighted by atomic mass is 9.89.